The molecule has 0 bridgehead atoms. The Kier molecular flexibility index (Phi) is 6.48. The van der Waals surface area contributed by atoms with Crippen LogP contribution < -0.4 is 11.1 Å². The molecular formula is C11H26N2OSi. The van der Waals surface area contributed by atoms with E-state index in [0.29, 0.717) is 5.22 Å². The summed E-state index contributed by atoms with van der Waals surface area (Å²) in [6.07, 6.45) is 6.44. The van der Waals surface area contributed by atoms with E-state index in [0.717, 1.165) is 26.2 Å². The first kappa shape index (κ1) is 13.2. The predicted molar refractivity (Wildman–Crippen MR) is 68.1 cm³/mol. The van der Waals surface area contributed by atoms with Crippen LogP contribution >= 0.6 is 0 Å². The van der Waals surface area contributed by atoms with E-state index in [2.05, 4.69) is 11.9 Å². The zero-order chi connectivity index (χ0) is 11.0. The van der Waals surface area contributed by atoms with E-state index in [9.17, 15) is 0 Å². The molecule has 3 nitrogen and oxygen atoms in total. The van der Waals surface area contributed by atoms with Gasteiger partial charge >= 0.3 is 0 Å². The first-order valence-corrected chi connectivity index (χ1v) is 8.50. The van der Waals surface area contributed by atoms with Crippen LogP contribution in [0.3, 0.4) is 0 Å². The van der Waals surface area contributed by atoms with Gasteiger partial charge in [-0.25, -0.2) is 0 Å². The minimum atomic E-state index is -0.0528. The molecule has 0 aromatic carbocycles. The van der Waals surface area contributed by atoms with Crippen molar-refractivity contribution >= 4 is 9.52 Å². The smallest absolute Gasteiger partial charge is 0.0564 e. The van der Waals surface area contributed by atoms with Gasteiger partial charge in [0.25, 0.3) is 0 Å². The average Bonchev–Trinajstić information content (AvgIpc) is 2.30. The molecule has 4 heteroatoms. The third-order valence-corrected chi connectivity index (χ3v) is 5.59. The molecule has 15 heavy (non-hydrogen) atoms. The maximum Gasteiger partial charge on any atom is 0.0564 e. The van der Waals surface area contributed by atoms with E-state index in [-0.39, 0.29) is 9.52 Å². The molecule has 1 saturated heterocycles. The summed E-state index contributed by atoms with van der Waals surface area (Å²) in [6, 6.07) is 0. The summed E-state index contributed by atoms with van der Waals surface area (Å²) in [7, 11) is -0.0528. The number of hydrogen-bond donors (Lipinski definition) is 2. The molecule has 1 atom stereocenters. The Morgan fingerprint density at radius 1 is 1.40 bits per heavy atom. The number of rotatable bonds is 7. The maximum absolute atomic E-state index is 6.03. The molecule has 0 aliphatic carbocycles. The van der Waals surface area contributed by atoms with Crippen LogP contribution in [0.2, 0.25) is 6.55 Å². The molecule has 0 saturated carbocycles. The molecule has 90 valence electrons. The Labute approximate surface area is 96.0 Å². The van der Waals surface area contributed by atoms with Crippen molar-refractivity contribution in [2.45, 2.75) is 43.9 Å². The third-order valence-electron chi connectivity index (χ3n) is 3.39. The second-order valence-electron chi connectivity index (χ2n) is 4.48. The monoisotopic (exact) mass is 230 g/mol. The van der Waals surface area contributed by atoms with Gasteiger partial charge in [0.05, 0.1) is 14.7 Å². The summed E-state index contributed by atoms with van der Waals surface area (Å²) >= 11 is 0. The Bertz CT molecular complexity index is 161. The topological polar surface area (TPSA) is 47.3 Å². The minimum absolute atomic E-state index is 0.0528. The number of nitrogens with two attached hydrogens (primary N) is 1. The lowest BCUT2D eigenvalue weighted by Gasteiger charge is -2.36. The van der Waals surface area contributed by atoms with E-state index in [4.69, 9.17) is 10.5 Å². The average molecular weight is 230 g/mol. The molecule has 0 amide bonds. The van der Waals surface area contributed by atoms with E-state index < -0.39 is 0 Å². The predicted octanol–water partition coefficient (Wildman–Crippen LogP) is 0.429. The molecule has 1 rings (SSSR count). The largest absolute Gasteiger partial charge is 0.379 e. The molecule has 0 aromatic heterocycles. The second-order valence-corrected chi connectivity index (χ2v) is 6.48. The normalized spacial score (nSPS) is 27.6. The van der Waals surface area contributed by atoms with Crippen LogP contribution in [-0.4, -0.2) is 41.0 Å². The summed E-state index contributed by atoms with van der Waals surface area (Å²) < 4.78 is 6.03. The molecule has 1 heterocycles. The number of hydrogen-bond acceptors (Lipinski definition) is 3. The SMILES string of the molecule is C[SiH2]C1(CCCNCCN)CCCCO1. The highest BCUT2D eigenvalue weighted by molar-refractivity contribution is 6.37. The van der Waals surface area contributed by atoms with E-state index in [1.165, 1.54) is 32.1 Å². The maximum atomic E-state index is 6.03. The van der Waals surface area contributed by atoms with Crippen LogP contribution in [0.1, 0.15) is 32.1 Å². The van der Waals surface area contributed by atoms with Gasteiger partial charge in [-0.1, -0.05) is 6.55 Å². The van der Waals surface area contributed by atoms with Gasteiger partial charge in [-0.3, -0.25) is 0 Å². The third kappa shape index (κ3) is 4.63. The minimum Gasteiger partial charge on any atom is -0.379 e. The van der Waals surface area contributed by atoms with Gasteiger partial charge in [0.2, 0.25) is 0 Å². The van der Waals surface area contributed by atoms with Crippen molar-refractivity contribution in [1.82, 2.24) is 5.32 Å². The lowest BCUT2D eigenvalue weighted by Crippen LogP contribution is -2.41. The van der Waals surface area contributed by atoms with Gasteiger partial charge in [-0.15, -0.1) is 0 Å². The van der Waals surface area contributed by atoms with E-state index in [1.54, 1.807) is 0 Å². The van der Waals surface area contributed by atoms with Crippen LogP contribution in [0.15, 0.2) is 0 Å². The molecule has 1 unspecified atom stereocenters. The summed E-state index contributed by atoms with van der Waals surface area (Å²) in [6.45, 7) is 6.16. The van der Waals surface area contributed by atoms with Crippen molar-refractivity contribution < 1.29 is 4.74 Å². The van der Waals surface area contributed by atoms with E-state index >= 15 is 0 Å². The van der Waals surface area contributed by atoms with Crippen LogP contribution in [-0.2, 0) is 4.74 Å². The summed E-state index contributed by atoms with van der Waals surface area (Å²) in [5.74, 6) is 0. The van der Waals surface area contributed by atoms with Gasteiger partial charge in [0.1, 0.15) is 0 Å². The lowest BCUT2D eigenvalue weighted by molar-refractivity contribution is -0.0259. The zero-order valence-corrected chi connectivity index (χ0v) is 11.5. The lowest BCUT2D eigenvalue weighted by atomic mass is 10.0. The van der Waals surface area contributed by atoms with Gasteiger partial charge in [0, 0.05) is 19.7 Å². The van der Waals surface area contributed by atoms with Crippen molar-refractivity contribution in [3.8, 4) is 0 Å². The van der Waals surface area contributed by atoms with Crippen molar-refractivity contribution in [3.63, 3.8) is 0 Å². The van der Waals surface area contributed by atoms with E-state index in [1.807, 2.05) is 0 Å². The highest BCUT2D eigenvalue weighted by Crippen LogP contribution is 2.28. The fraction of sp³-hybridized carbons (Fsp3) is 1.00. The first-order chi connectivity index (χ1) is 7.33. The molecule has 1 aliphatic rings. The van der Waals surface area contributed by atoms with Crippen LogP contribution in [0.4, 0.5) is 0 Å². The molecule has 1 fully saturated rings. The standard InChI is InChI=1S/C11H26N2OSi/c1-15-11(5-2-3-10-14-11)6-4-8-13-9-7-12/h13H,2-10,12,15H2,1H3. The molecule has 0 radical (unpaired) electrons. The van der Waals surface area contributed by atoms with Crippen molar-refractivity contribution in [2.75, 3.05) is 26.2 Å². The van der Waals surface area contributed by atoms with Gasteiger partial charge in [0.15, 0.2) is 0 Å². The highest BCUT2D eigenvalue weighted by Gasteiger charge is 2.30. The summed E-state index contributed by atoms with van der Waals surface area (Å²) in [4.78, 5) is 0. The zero-order valence-electron chi connectivity index (χ0n) is 10.1. The Morgan fingerprint density at radius 3 is 2.87 bits per heavy atom. The number of ether oxygens (including phenoxy) is 1. The number of nitrogens with one attached hydrogen (secondary N) is 1. The van der Waals surface area contributed by atoms with Gasteiger partial charge in [-0.2, -0.15) is 0 Å². The molecule has 0 aromatic rings. The fourth-order valence-electron chi connectivity index (χ4n) is 2.33. The Balaban J connectivity index is 2.15. The molecule has 3 N–H and O–H groups in total. The fourth-order valence-corrected chi connectivity index (χ4v) is 3.88. The molecule has 1 aliphatic heterocycles. The summed E-state index contributed by atoms with van der Waals surface area (Å²) in [5, 5.41) is 3.69. The van der Waals surface area contributed by atoms with Gasteiger partial charge in [-0.05, 0) is 38.6 Å². The van der Waals surface area contributed by atoms with Crippen molar-refractivity contribution in [3.05, 3.63) is 0 Å². The molecule has 0 spiro atoms. The Morgan fingerprint density at radius 2 is 2.27 bits per heavy atom. The van der Waals surface area contributed by atoms with Crippen LogP contribution in [0.5, 0.6) is 0 Å². The quantitative estimate of drug-likeness (QED) is 0.492. The second kappa shape index (κ2) is 7.38. The van der Waals surface area contributed by atoms with Gasteiger partial charge < -0.3 is 15.8 Å². The summed E-state index contributed by atoms with van der Waals surface area (Å²) in [5.41, 5.74) is 5.43. The first-order valence-electron chi connectivity index (χ1n) is 6.38. The molecular weight excluding hydrogens is 204 g/mol. The Hall–Kier alpha value is 0.0969. The van der Waals surface area contributed by atoms with Crippen LogP contribution in [0, 0.1) is 0 Å². The van der Waals surface area contributed by atoms with Crippen molar-refractivity contribution in [1.29, 1.82) is 0 Å². The van der Waals surface area contributed by atoms with Crippen molar-refractivity contribution in [2.24, 2.45) is 5.73 Å². The van der Waals surface area contributed by atoms with Crippen LogP contribution in [0.25, 0.3) is 0 Å². The highest BCUT2D eigenvalue weighted by atomic mass is 28.2.